The Kier molecular flexibility index (Phi) is 2.79. The molecule has 82 valence electrons. The molecule has 0 saturated heterocycles. The molecule has 1 unspecified atom stereocenters. The molecule has 0 saturated carbocycles. The Morgan fingerprint density at radius 1 is 1.53 bits per heavy atom. The monoisotopic (exact) mass is 209 g/mol. The van der Waals surface area contributed by atoms with Crippen molar-refractivity contribution in [3.8, 4) is 11.5 Å². The third kappa shape index (κ3) is 2.06. The number of benzene rings is 1. The maximum atomic E-state index is 9.78. The van der Waals surface area contributed by atoms with E-state index in [0.717, 1.165) is 17.5 Å². The summed E-state index contributed by atoms with van der Waals surface area (Å²) in [5.74, 6) is 1.02. The van der Waals surface area contributed by atoms with Crippen LogP contribution in [-0.4, -0.2) is 18.2 Å². The largest absolute Gasteiger partial charge is 0.508 e. The molecule has 1 aliphatic rings. The smallest absolute Gasteiger partial charge is 0.171 e. The summed E-state index contributed by atoms with van der Waals surface area (Å²) in [7, 11) is 1.90. The van der Waals surface area contributed by atoms with Gasteiger partial charge in [0.05, 0.1) is 0 Å². The maximum absolute atomic E-state index is 9.78. The highest BCUT2D eigenvalue weighted by molar-refractivity contribution is 5.46. The molecular formula is C11H15NO3. The van der Waals surface area contributed by atoms with Crippen LogP contribution in [0, 0.1) is 0 Å². The second-order valence-electron chi connectivity index (χ2n) is 3.83. The minimum absolute atomic E-state index is 0.310. The fraction of sp³-hybridized carbons (Fsp3) is 0.455. The van der Waals surface area contributed by atoms with Gasteiger partial charge < -0.3 is 15.3 Å². The zero-order chi connectivity index (χ0) is 10.8. The summed E-state index contributed by atoms with van der Waals surface area (Å²) in [6.45, 7) is 2.47. The Bertz CT molecular complexity index is 365. The maximum Gasteiger partial charge on any atom is 0.171 e. The summed E-state index contributed by atoms with van der Waals surface area (Å²) in [4.78, 5) is 9.81. The van der Waals surface area contributed by atoms with Crippen molar-refractivity contribution >= 4 is 0 Å². The van der Waals surface area contributed by atoms with E-state index in [-0.39, 0.29) is 0 Å². The van der Waals surface area contributed by atoms with Crippen molar-refractivity contribution in [3.63, 3.8) is 0 Å². The molecule has 0 amide bonds. The summed E-state index contributed by atoms with van der Waals surface area (Å²) >= 11 is 0. The van der Waals surface area contributed by atoms with Crippen LogP contribution in [0.15, 0.2) is 12.1 Å². The van der Waals surface area contributed by atoms with Crippen LogP contribution in [0.25, 0.3) is 0 Å². The Morgan fingerprint density at radius 3 is 3.07 bits per heavy atom. The van der Waals surface area contributed by atoms with E-state index in [0.29, 0.717) is 24.1 Å². The van der Waals surface area contributed by atoms with E-state index >= 15 is 0 Å². The van der Waals surface area contributed by atoms with E-state index in [1.165, 1.54) is 0 Å². The minimum atomic E-state index is 0.310. The Morgan fingerprint density at radius 2 is 2.33 bits per heavy atom. The van der Waals surface area contributed by atoms with E-state index < -0.39 is 0 Å². The number of nitrogens with one attached hydrogen (secondary N) is 1. The van der Waals surface area contributed by atoms with Gasteiger partial charge in [-0.05, 0) is 38.1 Å². The lowest BCUT2D eigenvalue weighted by Crippen LogP contribution is -2.23. The van der Waals surface area contributed by atoms with Crippen molar-refractivity contribution in [2.75, 3.05) is 7.05 Å². The first-order chi connectivity index (χ1) is 7.20. The highest BCUT2D eigenvalue weighted by Crippen LogP contribution is 2.33. The molecule has 0 bridgehead atoms. The van der Waals surface area contributed by atoms with Crippen LogP contribution in [0.5, 0.6) is 11.5 Å². The third-order valence-corrected chi connectivity index (χ3v) is 2.64. The summed E-state index contributed by atoms with van der Waals surface area (Å²) in [6.07, 6.45) is 0.763. The van der Waals surface area contributed by atoms with Gasteiger partial charge in [-0.25, -0.2) is 0 Å². The average molecular weight is 209 g/mol. The molecule has 0 radical (unpaired) electrons. The molecule has 1 aromatic rings. The van der Waals surface area contributed by atoms with Gasteiger partial charge in [-0.3, -0.25) is 0 Å². The summed E-state index contributed by atoms with van der Waals surface area (Å²) in [6, 6.07) is 3.86. The number of aromatic hydroxyl groups is 1. The second kappa shape index (κ2) is 4.08. The van der Waals surface area contributed by atoms with Gasteiger partial charge in [0.1, 0.15) is 12.4 Å². The summed E-state index contributed by atoms with van der Waals surface area (Å²) in [5, 5.41) is 12.9. The zero-order valence-electron chi connectivity index (χ0n) is 8.91. The lowest BCUT2D eigenvalue weighted by atomic mass is 10.0. The molecule has 1 aliphatic heterocycles. The van der Waals surface area contributed by atoms with Crippen LogP contribution in [-0.2, 0) is 17.9 Å². The Balaban J connectivity index is 2.24. The standard InChI is InChI=1S/C11H15NO3/c1-7(12-2)3-8-5-11-9(4-10(8)13)6-14-15-11/h4-5,7,12-13H,3,6H2,1-2H3. The number of hydrogen-bond donors (Lipinski definition) is 2. The number of fused-ring (bicyclic) bond motifs is 1. The van der Waals surface area contributed by atoms with Crippen LogP contribution in [0.3, 0.4) is 0 Å². The first-order valence-electron chi connectivity index (χ1n) is 5.02. The van der Waals surface area contributed by atoms with E-state index in [9.17, 15) is 5.11 Å². The fourth-order valence-corrected chi connectivity index (χ4v) is 1.60. The van der Waals surface area contributed by atoms with Gasteiger partial charge in [0.25, 0.3) is 0 Å². The molecule has 1 heterocycles. The first kappa shape index (κ1) is 10.3. The molecule has 0 spiro atoms. The summed E-state index contributed by atoms with van der Waals surface area (Å²) < 4.78 is 0. The first-order valence-corrected chi connectivity index (χ1v) is 5.02. The van der Waals surface area contributed by atoms with E-state index in [1.54, 1.807) is 6.07 Å². The van der Waals surface area contributed by atoms with Gasteiger partial charge in [0.15, 0.2) is 5.75 Å². The quantitative estimate of drug-likeness (QED) is 0.738. The van der Waals surface area contributed by atoms with Crippen molar-refractivity contribution in [1.82, 2.24) is 5.32 Å². The number of rotatable bonds is 3. The van der Waals surface area contributed by atoms with E-state index in [1.807, 2.05) is 13.1 Å². The highest BCUT2D eigenvalue weighted by atomic mass is 17.2. The van der Waals surface area contributed by atoms with E-state index in [4.69, 9.17) is 9.78 Å². The van der Waals surface area contributed by atoms with Crippen molar-refractivity contribution in [2.24, 2.45) is 0 Å². The molecule has 2 rings (SSSR count). The van der Waals surface area contributed by atoms with Gasteiger partial charge in [-0.15, -0.1) is 0 Å². The number of likely N-dealkylation sites (N-methyl/N-ethyl adjacent to an activating group) is 1. The highest BCUT2D eigenvalue weighted by Gasteiger charge is 2.17. The SMILES string of the molecule is CNC(C)Cc1cc2c(cc1O)COO2. The van der Waals surface area contributed by atoms with Gasteiger partial charge >= 0.3 is 0 Å². The predicted molar refractivity (Wildman–Crippen MR) is 55.7 cm³/mol. The van der Waals surface area contributed by atoms with Crippen LogP contribution in [0.2, 0.25) is 0 Å². The van der Waals surface area contributed by atoms with Gasteiger partial charge in [0, 0.05) is 11.6 Å². The zero-order valence-corrected chi connectivity index (χ0v) is 8.91. The van der Waals surface area contributed by atoms with Crippen LogP contribution in [0.1, 0.15) is 18.1 Å². The number of hydrogen-bond acceptors (Lipinski definition) is 4. The topological polar surface area (TPSA) is 50.7 Å². The molecule has 1 aromatic carbocycles. The molecule has 4 nitrogen and oxygen atoms in total. The van der Waals surface area contributed by atoms with Crippen LogP contribution < -0.4 is 10.2 Å². The number of phenolic OH excluding ortho intramolecular Hbond substituents is 1. The lowest BCUT2D eigenvalue weighted by molar-refractivity contribution is -0.194. The van der Waals surface area contributed by atoms with E-state index in [2.05, 4.69) is 12.2 Å². The number of phenols is 1. The van der Waals surface area contributed by atoms with Crippen molar-refractivity contribution in [1.29, 1.82) is 0 Å². The summed E-state index contributed by atoms with van der Waals surface area (Å²) in [5.41, 5.74) is 1.77. The lowest BCUT2D eigenvalue weighted by Gasteiger charge is -2.11. The van der Waals surface area contributed by atoms with Crippen molar-refractivity contribution in [3.05, 3.63) is 23.3 Å². The van der Waals surface area contributed by atoms with Crippen LogP contribution in [0.4, 0.5) is 0 Å². The van der Waals surface area contributed by atoms with Crippen molar-refractivity contribution in [2.45, 2.75) is 26.0 Å². The Labute approximate surface area is 88.8 Å². The normalized spacial score (nSPS) is 15.9. The molecule has 0 aromatic heterocycles. The molecular weight excluding hydrogens is 194 g/mol. The van der Waals surface area contributed by atoms with Crippen LogP contribution >= 0.6 is 0 Å². The molecule has 2 N–H and O–H groups in total. The molecule has 15 heavy (non-hydrogen) atoms. The van der Waals surface area contributed by atoms with Crippen molar-refractivity contribution < 1.29 is 14.9 Å². The fourth-order valence-electron chi connectivity index (χ4n) is 1.60. The average Bonchev–Trinajstić information content (AvgIpc) is 2.65. The Hall–Kier alpha value is -1.26. The van der Waals surface area contributed by atoms with Gasteiger partial charge in [-0.2, -0.15) is 4.89 Å². The van der Waals surface area contributed by atoms with Gasteiger partial charge in [0.2, 0.25) is 0 Å². The van der Waals surface area contributed by atoms with Gasteiger partial charge in [-0.1, -0.05) is 0 Å². The molecule has 0 aliphatic carbocycles. The predicted octanol–water partition coefficient (Wildman–Crippen LogP) is 1.37. The third-order valence-electron chi connectivity index (χ3n) is 2.64. The molecule has 4 heteroatoms. The second-order valence-corrected chi connectivity index (χ2v) is 3.83. The molecule has 0 fully saturated rings. The minimum Gasteiger partial charge on any atom is -0.508 e. The molecule has 1 atom stereocenters.